The van der Waals surface area contributed by atoms with Gasteiger partial charge in [-0.2, -0.15) is 13.2 Å². The highest BCUT2D eigenvalue weighted by Crippen LogP contribution is 2.42. The molecule has 1 aliphatic rings. The first kappa shape index (κ1) is 14.7. The minimum atomic E-state index is -4.75. The van der Waals surface area contributed by atoms with Crippen LogP contribution in [0.15, 0.2) is 0 Å². The van der Waals surface area contributed by atoms with E-state index in [1.807, 2.05) is 6.92 Å². The molecule has 0 spiro atoms. The van der Waals surface area contributed by atoms with E-state index < -0.39 is 30.3 Å². The topological polar surface area (TPSA) is 38.7 Å². The SMILES string of the molecule is CCCC[C@H]1OC(C)(C)OC[C@]1(O)C(F)(F)F. The van der Waals surface area contributed by atoms with Crippen molar-refractivity contribution in [2.24, 2.45) is 0 Å². The van der Waals surface area contributed by atoms with E-state index in [1.165, 1.54) is 0 Å². The van der Waals surface area contributed by atoms with Crippen molar-refractivity contribution < 1.29 is 27.8 Å². The molecule has 0 bridgehead atoms. The van der Waals surface area contributed by atoms with Crippen molar-refractivity contribution in [3.05, 3.63) is 0 Å². The molecule has 0 aliphatic carbocycles. The molecule has 1 N–H and O–H groups in total. The van der Waals surface area contributed by atoms with Gasteiger partial charge in [-0.3, -0.25) is 0 Å². The van der Waals surface area contributed by atoms with Gasteiger partial charge in [0.25, 0.3) is 0 Å². The maximum absolute atomic E-state index is 12.8. The molecule has 17 heavy (non-hydrogen) atoms. The fraction of sp³-hybridized carbons (Fsp3) is 1.00. The maximum atomic E-state index is 12.8. The quantitative estimate of drug-likeness (QED) is 0.843. The van der Waals surface area contributed by atoms with Gasteiger partial charge >= 0.3 is 6.18 Å². The average molecular weight is 256 g/mol. The predicted octanol–water partition coefficient (Wildman–Crippen LogP) is 2.62. The molecular weight excluding hydrogens is 237 g/mol. The lowest BCUT2D eigenvalue weighted by molar-refractivity contribution is -0.394. The number of ether oxygens (including phenoxy) is 2. The van der Waals surface area contributed by atoms with Crippen molar-refractivity contribution in [1.29, 1.82) is 0 Å². The Labute approximate surface area is 98.9 Å². The van der Waals surface area contributed by atoms with E-state index >= 15 is 0 Å². The summed E-state index contributed by atoms with van der Waals surface area (Å²) in [6.07, 6.45) is -4.54. The van der Waals surface area contributed by atoms with Crippen LogP contribution in [0, 0.1) is 0 Å². The van der Waals surface area contributed by atoms with Gasteiger partial charge in [0.1, 0.15) is 6.10 Å². The fourth-order valence-electron chi connectivity index (χ4n) is 1.80. The zero-order valence-electron chi connectivity index (χ0n) is 10.3. The Morgan fingerprint density at radius 1 is 1.35 bits per heavy atom. The monoisotopic (exact) mass is 256 g/mol. The Morgan fingerprint density at radius 3 is 2.41 bits per heavy atom. The number of hydrogen-bond donors (Lipinski definition) is 1. The van der Waals surface area contributed by atoms with Crippen LogP contribution in [0.5, 0.6) is 0 Å². The summed E-state index contributed by atoms with van der Waals surface area (Å²) < 4.78 is 48.7. The molecule has 0 aromatic rings. The van der Waals surface area contributed by atoms with Gasteiger partial charge < -0.3 is 14.6 Å². The van der Waals surface area contributed by atoms with Crippen molar-refractivity contribution in [2.75, 3.05) is 6.61 Å². The van der Waals surface area contributed by atoms with Gasteiger partial charge in [-0.05, 0) is 20.3 Å². The van der Waals surface area contributed by atoms with Crippen LogP contribution >= 0.6 is 0 Å². The molecule has 1 fully saturated rings. The minimum Gasteiger partial charge on any atom is -0.377 e. The molecule has 2 atom stereocenters. The van der Waals surface area contributed by atoms with E-state index in [9.17, 15) is 18.3 Å². The number of unbranched alkanes of at least 4 members (excludes halogenated alkanes) is 1. The lowest BCUT2D eigenvalue weighted by atomic mass is 9.91. The zero-order valence-corrected chi connectivity index (χ0v) is 10.3. The van der Waals surface area contributed by atoms with E-state index in [-0.39, 0.29) is 6.42 Å². The van der Waals surface area contributed by atoms with E-state index in [4.69, 9.17) is 9.47 Å². The lowest BCUT2D eigenvalue weighted by Crippen LogP contribution is -2.64. The van der Waals surface area contributed by atoms with Crippen LogP contribution in [0.1, 0.15) is 40.0 Å². The van der Waals surface area contributed by atoms with E-state index in [0.29, 0.717) is 6.42 Å². The van der Waals surface area contributed by atoms with Gasteiger partial charge in [-0.1, -0.05) is 19.8 Å². The van der Waals surface area contributed by atoms with Gasteiger partial charge in [0.2, 0.25) is 5.60 Å². The molecule has 0 aromatic carbocycles. The summed E-state index contributed by atoms with van der Waals surface area (Å²) in [5, 5.41) is 9.75. The van der Waals surface area contributed by atoms with Crippen molar-refractivity contribution in [3.8, 4) is 0 Å². The van der Waals surface area contributed by atoms with Crippen LogP contribution in [-0.4, -0.2) is 35.4 Å². The number of alkyl halides is 3. The van der Waals surface area contributed by atoms with Gasteiger partial charge in [-0.15, -0.1) is 0 Å². The van der Waals surface area contributed by atoms with Crippen molar-refractivity contribution >= 4 is 0 Å². The first-order valence-electron chi connectivity index (χ1n) is 5.73. The van der Waals surface area contributed by atoms with Gasteiger partial charge in [0.05, 0.1) is 6.61 Å². The van der Waals surface area contributed by atoms with Crippen molar-refractivity contribution in [3.63, 3.8) is 0 Å². The molecule has 0 aromatic heterocycles. The van der Waals surface area contributed by atoms with E-state index in [2.05, 4.69) is 0 Å². The molecular formula is C11H19F3O3. The Balaban J connectivity index is 2.88. The smallest absolute Gasteiger partial charge is 0.377 e. The molecule has 0 radical (unpaired) electrons. The lowest BCUT2D eigenvalue weighted by Gasteiger charge is -2.46. The normalized spacial score (nSPS) is 33.7. The van der Waals surface area contributed by atoms with Crippen LogP contribution in [0.4, 0.5) is 13.2 Å². The summed E-state index contributed by atoms with van der Waals surface area (Å²) in [5.74, 6) is -1.09. The van der Waals surface area contributed by atoms with Crippen molar-refractivity contribution in [2.45, 2.75) is 63.7 Å². The van der Waals surface area contributed by atoms with Crippen LogP contribution in [0.2, 0.25) is 0 Å². The molecule has 1 saturated heterocycles. The third-order valence-corrected chi connectivity index (χ3v) is 2.91. The van der Waals surface area contributed by atoms with Crippen molar-refractivity contribution in [1.82, 2.24) is 0 Å². The summed E-state index contributed by atoms with van der Waals surface area (Å²) in [6, 6.07) is 0. The molecule has 102 valence electrons. The Morgan fingerprint density at radius 2 is 1.94 bits per heavy atom. The number of aliphatic hydroxyl groups is 1. The van der Waals surface area contributed by atoms with E-state index in [0.717, 1.165) is 6.42 Å². The zero-order chi connectivity index (χ0) is 13.3. The highest BCUT2D eigenvalue weighted by atomic mass is 19.4. The van der Waals surface area contributed by atoms with Gasteiger partial charge in [0.15, 0.2) is 5.79 Å². The molecule has 1 rings (SSSR count). The second kappa shape index (κ2) is 4.74. The number of hydrogen-bond acceptors (Lipinski definition) is 3. The van der Waals surface area contributed by atoms with Crippen LogP contribution in [-0.2, 0) is 9.47 Å². The first-order valence-corrected chi connectivity index (χ1v) is 5.73. The summed E-state index contributed by atoms with van der Waals surface area (Å²) in [6.45, 7) is 4.18. The molecule has 1 heterocycles. The van der Waals surface area contributed by atoms with Crippen LogP contribution in [0.25, 0.3) is 0 Å². The third-order valence-electron chi connectivity index (χ3n) is 2.91. The second-order valence-corrected chi connectivity index (χ2v) is 4.86. The van der Waals surface area contributed by atoms with Crippen LogP contribution in [0.3, 0.4) is 0 Å². The molecule has 0 saturated carbocycles. The largest absolute Gasteiger partial charge is 0.422 e. The number of halogens is 3. The average Bonchev–Trinajstić information content (AvgIpc) is 2.18. The molecule has 1 aliphatic heterocycles. The fourth-order valence-corrected chi connectivity index (χ4v) is 1.80. The second-order valence-electron chi connectivity index (χ2n) is 4.86. The van der Waals surface area contributed by atoms with E-state index in [1.54, 1.807) is 13.8 Å². The Bertz CT molecular complexity index is 265. The third kappa shape index (κ3) is 3.11. The Kier molecular flexibility index (Phi) is 4.11. The standard InChI is InChI=1S/C11H19F3O3/c1-4-5-6-8-10(15,11(12,13)14)7-16-9(2,3)17-8/h8,15H,4-7H2,1-3H3/t8-,10-/m1/s1. The molecule has 3 nitrogen and oxygen atoms in total. The molecule has 6 heteroatoms. The summed E-state index contributed by atoms with van der Waals surface area (Å²) >= 11 is 0. The highest BCUT2D eigenvalue weighted by molar-refractivity contribution is 4.97. The van der Waals surface area contributed by atoms with Gasteiger partial charge in [0, 0.05) is 0 Å². The van der Waals surface area contributed by atoms with Gasteiger partial charge in [-0.25, -0.2) is 0 Å². The predicted molar refractivity (Wildman–Crippen MR) is 55.4 cm³/mol. The first-order chi connectivity index (χ1) is 7.62. The minimum absolute atomic E-state index is 0.166. The number of rotatable bonds is 3. The summed E-state index contributed by atoms with van der Waals surface area (Å²) in [4.78, 5) is 0. The summed E-state index contributed by atoms with van der Waals surface area (Å²) in [5.41, 5.74) is -2.91. The highest BCUT2D eigenvalue weighted by Gasteiger charge is 2.62. The molecule has 0 unspecified atom stereocenters. The molecule has 0 amide bonds. The Hall–Kier alpha value is -0.330. The summed E-state index contributed by atoms with van der Waals surface area (Å²) in [7, 11) is 0. The maximum Gasteiger partial charge on any atom is 0.422 e. The van der Waals surface area contributed by atoms with Crippen LogP contribution < -0.4 is 0 Å².